The molecule has 0 atom stereocenters. The third-order valence-electron chi connectivity index (χ3n) is 5.53. The molecule has 0 aliphatic carbocycles. The number of benzene rings is 2. The second-order valence-electron chi connectivity index (χ2n) is 7.98. The number of thiazole rings is 1. The van der Waals surface area contributed by atoms with Crippen LogP contribution < -0.4 is 5.32 Å². The van der Waals surface area contributed by atoms with Gasteiger partial charge in [-0.15, -0.1) is 11.3 Å². The maximum Gasteiger partial charge on any atom is 0.418 e. The number of aromatic hydroxyl groups is 1. The summed E-state index contributed by atoms with van der Waals surface area (Å²) < 4.78 is 41.4. The Kier molecular flexibility index (Phi) is 7.51. The summed E-state index contributed by atoms with van der Waals surface area (Å²) in [6, 6.07) is 12.7. The van der Waals surface area contributed by atoms with E-state index in [0.717, 1.165) is 22.9 Å². The number of halogens is 3. The van der Waals surface area contributed by atoms with Crippen molar-refractivity contribution in [1.82, 2.24) is 4.57 Å². The van der Waals surface area contributed by atoms with E-state index in [-0.39, 0.29) is 18.0 Å². The number of nitrogens with one attached hydrogen (secondary N) is 1. The zero-order chi connectivity index (χ0) is 25.0. The Labute approximate surface area is 209 Å². The SMILES string of the molecule is O=C(CCCCCn1c(O)c(/C=C2\C=Nc3ccccc32)sc1=S)Nc1ccccc1C(F)(F)F. The van der Waals surface area contributed by atoms with Gasteiger partial charge in [-0.3, -0.25) is 14.4 Å². The molecule has 0 radical (unpaired) electrons. The number of rotatable bonds is 8. The number of unbranched alkanes of at least 4 members (excludes halogenated alkanes) is 2. The fourth-order valence-corrected chi connectivity index (χ4v) is 5.10. The van der Waals surface area contributed by atoms with E-state index in [1.165, 1.54) is 29.5 Å². The van der Waals surface area contributed by atoms with E-state index in [0.29, 0.717) is 34.6 Å². The maximum atomic E-state index is 13.1. The molecule has 2 N–H and O–H groups in total. The summed E-state index contributed by atoms with van der Waals surface area (Å²) in [6.45, 7) is 0.480. The van der Waals surface area contributed by atoms with Gasteiger partial charge in [0, 0.05) is 30.3 Å². The molecule has 2 aromatic carbocycles. The highest BCUT2D eigenvalue weighted by Crippen LogP contribution is 2.36. The molecule has 182 valence electrons. The summed E-state index contributed by atoms with van der Waals surface area (Å²) >= 11 is 6.73. The number of alkyl halides is 3. The third-order valence-corrected chi connectivity index (χ3v) is 6.92. The number of aliphatic imine (C=N–C) groups is 1. The standard InChI is InChI=1S/C25H22F3N3O2S2/c26-25(27,28)18-9-4-6-11-20(18)30-22(32)12-2-1-7-13-31-23(33)21(35-24(31)34)14-16-15-29-19-10-5-3-8-17(16)19/h3-6,8-11,14-15,33H,1-2,7,12-13H2,(H,30,32)/b16-14+. The Morgan fingerprint density at radius 3 is 2.66 bits per heavy atom. The van der Waals surface area contributed by atoms with Crippen LogP contribution in [0.15, 0.2) is 53.5 Å². The van der Waals surface area contributed by atoms with Gasteiger partial charge in [-0.1, -0.05) is 36.8 Å². The smallest absolute Gasteiger partial charge is 0.418 e. The van der Waals surface area contributed by atoms with Gasteiger partial charge in [0.2, 0.25) is 11.8 Å². The molecule has 1 amide bonds. The first-order chi connectivity index (χ1) is 16.7. The van der Waals surface area contributed by atoms with Gasteiger partial charge < -0.3 is 10.4 Å². The molecule has 0 bridgehead atoms. The number of amides is 1. The van der Waals surface area contributed by atoms with Crippen molar-refractivity contribution in [3.05, 3.63) is 68.5 Å². The zero-order valence-corrected chi connectivity index (χ0v) is 20.1. The summed E-state index contributed by atoms with van der Waals surface area (Å²) in [4.78, 5) is 17.2. The minimum atomic E-state index is -4.53. The summed E-state index contributed by atoms with van der Waals surface area (Å²) in [5.74, 6) is -0.379. The molecule has 1 aliphatic heterocycles. The van der Waals surface area contributed by atoms with Crippen molar-refractivity contribution in [2.45, 2.75) is 38.4 Å². The van der Waals surface area contributed by atoms with Crippen LogP contribution in [0.2, 0.25) is 0 Å². The van der Waals surface area contributed by atoms with E-state index in [1.807, 2.05) is 30.3 Å². The number of nitrogens with zero attached hydrogens (tertiary/aromatic N) is 2. The predicted molar refractivity (Wildman–Crippen MR) is 136 cm³/mol. The van der Waals surface area contributed by atoms with Crippen LogP contribution in [0, 0.1) is 3.95 Å². The molecule has 1 aliphatic rings. The quantitative estimate of drug-likeness (QED) is 0.241. The van der Waals surface area contributed by atoms with Gasteiger partial charge in [0.25, 0.3) is 0 Å². The van der Waals surface area contributed by atoms with Crippen LogP contribution in [-0.4, -0.2) is 21.8 Å². The molecule has 0 saturated heterocycles. The minimum absolute atomic E-state index is 0.0896. The van der Waals surface area contributed by atoms with Gasteiger partial charge >= 0.3 is 6.18 Å². The molecule has 0 spiro atoms. The van der Waals surface area contributed by atoms with Crippen molar-refractivity contribution in [2.75, 3.05) is 5.32 Å². The van der Waals surface area contributed by atoms with Gasteiger partial charge in [-0.05, 0) is 49.3 Å². The largest absolute Gasteiger partial charge is 0.493 e. The molecule has 10 heteroatoms. The third kappa shape index (κ3) is 5.88. The molecular formula is C25H22F3N3O2S2. The molecule has 0 unspecified atom stereocenters. The normalized spacial score (nSPS) is 13.9. The lowest BCUT2D eigenvalue weighted by atomic mass is 10.1. The Balaban J connectivity index is 1.29. The number of anilines is 1. The summed E-state index contributed by atoms with van der Waals surface area (Å²) in [5, 5.41) is 13.0. The lowest BCUT2D eigenvalue weighted by Crippen LogP contribution is -2.16. The molecule has 2 heterocycles. The number of hydrogen-bond acceptors (Lipinski definition) is 5. The van der Waals surface area contributed by atoms with Crippen LogP contribution in [0.1, 0.15) is 41.7 Å². The van der Waals surface area contributed by atoms with E-state index in [2.05, 4.69) is 10.3 Å². The molecule has 4 rings (SSSR count). The molecule has 0 saturated carbocycles. The summed E-state index contributed by atoms with van der Waals surface area (Å²) in [6.07, 6.45) is 1.01. The Bertz CT molecular complexity index is 1360. The van der Waals surface area contributed by atoms with Crippen LogP contribution in [-0.2, 0) is 17.5 Å². The van der Waals surface area contributed by atoms with E-state index in [4.69, 9.17) is 12.2 Å². The van der Waals surface area contributed by atoms with Crippen LogP contribution in [0.5, 0.6) is 5.88 Å². The minimum Gasteiger partial charge on any atom is -0.493 e. The first-order valence-electron chi connectivity index (χ1n) is 11.0. The Morgan fingerprint density at radius 1 is 1.11 bits per heavy atom. The molecule has 1 aromatic heterocycles. The van der Waals surface area contributed by atoms with Crippen LogP contribution >= 0.6 is 23.6 Å². The first-order valence-corrected chi connectivity index (χ1v) is 12.2. The van der Waals surface area contributed by atoms with E-state index < -0.39 is 17.6 Å². The maximum absolute atomic E-state index is 13.1. The van der Waals surface area contributed by atoms with Gasteiger partial charge in [-0.2, -0.15) is 13.2 Å². The first kappa shape index (κ1) is 24.9. The van der Waals surface area contributed by atoms with Crippen LogP contribution in [0.4, 0.5) is 24.5 Å². The van der Waals surface area contributed by atoms with Gasteiger partial charge in [0.15, 0.2) is 3.95 Å². The highest BCUT2D eigenvalue weighted by Gasteiger charge is 2.33. The second-order valence-corrected chi connectivity index (χ2v) is 9.66. The van der Waals surface area contributed by atoms with Crippen molar-refractivity contribution in [2.24, 2.45) is 4.99 Å². The average Bonchev–Trinajstić information content (AvgIpc) is 3.34. The van der Waals surface area contributed by atoms with Crippen molar-refractivity contribution < 1.29 is 23.1 Å². The highest BCUT2D eigenvalue weighted by atomic mass is 32.1. The summed E-state index contributed by atoms with van der Waals surface area (Å²) in [7, 11) is 0. The average molecular weight is 518 g/mol. The van der Waals surface area contributed by atoms with Gasteiger partial charge in [-0.25, -0.2) is 0 Å². The topological polar surface area (TPSA) is 66.6 Å². The number of aromatic nitrogens is 1. The number of carbonyl (C=O) groups is 1. The molecule has 3 aromatic rings. The van der Waals surface area contributed by atoms with Crippen LogP contribution in [0.25, 0.3) is 11.6 Å². The lowest BCUT2D eigenvalue weighted by Gasteiger charge is -2.13. The monoisotopic (exact) mass is 517 g/mol. The number of fused-ring (bicyclic) bond motifs is 1. The highest BCUT2D eigenvalue weighted by molar-refractivity contribution is 7.73. The zero-order valence-electron chi connectivity index (χ0n) is 18.5. The van der Waals surface area contributed by atoms with Gasteiger partial charge in [0.1, 0.15) is 0 Å². The predicted octanol–water partition coefficient (Wildman–Crippen LogP) is 7.46. The fraction of sp³-hybridized carbons (Fsp3) is 0.240. The van der Waals surface area contributed by atoms with E-state index in [9.17, 15) is 23.1 Å². The van der Waals surface area contributed by atoms with Crippen LogP contribution in [0.3, 0.4) is 0 Å². The molecular weight excluding hydrogens is 495 g/mol. The van der Waals surface area contributed by atoms with E-state index in [1.54, 1.807) is 10.8 Å². The van der Waals surface area contributed by atoms with Crippen molar-refractivity contribution in [1.29, 1.82) is 0 Å². The van der Waals surface area contributed by atoms with Crippen molar-refractivity contribution in [3.8, 4) is 5.88 Å². The number of carbonyl (C=O) groups excluding carboxylic acids is 1. The number of para-hydroxylation sites is 2. The lowest BCUT2D eigenvalue weighted by molar-refractivity contribution is -0.137. The number of hydrogen-bond donors (Lipinski definition) is 2. The Morgan fingerprint density at radius 2 is 1.86 bits per heavy atom. The molecule has 0 fully saturated rings. The van der Waals surface area contributed by atoms with Crippen molar-refractivity contribution in [3.63, 3.8) is 0 Å². The van der Waals surface area contributed by atoms with Gasteiger partial charge in [0.05, 0.1) is 21.8 Å². The fourth-order valence-electron chi connectivity index (χ4n) is 3.78. The number of allylic oxidation sites excluding steroid dienone is 1. The molecule has 35 heavy (non-hydrogen) atoms. The molecule has 5 nitrogen and oxygen atoms in total. The van der Waals surface area contributed by atoms with Crippen molar-refractivity contribution >= 4 is 58.7 Å². The Hall–Kier alpha value is -3.24. The van der Waals surface area contributed by atoms with E-state index >= 15 is 0 Å². The summed E-state index contributed by atoms with van der Waals surface area (Å²) in [5.41, 5.74) is 1.67. The second kappa shape index (κ2) is 10.6.